The molecule has 0 bridgehead atoms. The molecular weight excluding hydrogens is 288 g/mol. The van der Waals surface area contributed by atoms with Gasteiger partial charge in [0.05, 0.1) is 9.72 Å². The maximum Gasteiger partial charge on any atom is 0.0592 e. The summed E-state index contributed by atoms with van der Waals surface area (Å²) >= 11 is 13.0. The Kier molecular flexibility index (Phi) is 2.88. The van der Waals surface area contributed by atoms with Crippen LogP contribution in [0.2, 0.25) is 5.02 Å². The highest BCUT2D eigenvalue weighted by atomic mass is 79.9. The third-order valence-corrected chi connectivity index (χ3v) is 4.86. The number of benzene rings is 1. The van der Waals surface area contributed by atoms with E-state index in [9.17, 15) is 0 Å². The number of fused-ring (bicyclic) bond motifs is 1. The highest BCUT2D eigenvalue weighted by Crippen LogP contribution is 2.37. The van der Waals surface area contributed by atoms with Gasteiger partial charge in [0.15, 0.2) is 0 Å². The fourth-order valence-electron chi connectivity index (χ4n) is 1.16. The van der Waals surface area contributed by atoms with E-state index in [4.69, 9.17) is 11.6 Å². The molecule has 0 saturated heterocycles. The van der Waals surface area contributed by atoms with Crippen LogP contribution in [0.1, 0.15) is 0 Å². The van der Waals surface area contributed by atoms with Crippen LogP contribution in [0.25, 0.3) is 10.1 Å². The van der Waals surface area contributed by atoms with Crippen LogP contribution >= 0.6 is 50.6 Å². The predicted octanol–water partition coefficient (Wildman–Crippen LogP) is 5.04. The molecule has 1 aromatic carbocycles. The van der Waals surface area contributed by atoms with E-state index in [0.717, 1.165) is 14.9 Å². The normalized spacial score (nSPS) is 11.0. The monoisotopic (exact) mass is 292 g/mol. The van der Waals surface area contributed by atoms with E-state index in [1.807, 2.05) is 5.38 Å². The van der Waals surface area contributed by atoms with Crippen LogP contribution in [0.15, 0.2) is 26.9 Å². The van der Waals surface area contributed by atoms with Crippen LogP contribution in [0, 0.1) is 0 Å². The van der Waals surface area contributed by atoms with Crippen LogP contribution < -0.4 is 0 Å². The van der Waals surface area contributed by atoms with Gasteiger partial charge in [-0.1, -0.05) is 11.6 Å². The fourth-order valence-corrected chi connectivity index (χ4v) is 3.68. The average Bonchev–Trinajstić information content (AvgIpc) is 2.48. The van der Waals surface area contributed by atoms with Crippen molar-refractivity contribution in [2.45, 2.75) is 4.90 Å². The molecule has 4 heteroatoms. The summed E-state index contributed by atoms with van der Waals surface area (Å²) in [5, 5.41) is 3.96. The zero-order valence-corrected chi connectivity index (χ0v) is 10.8. The maximum absolute atomic E-state index is 6.05. The molecule has 1 heterocycles. The predicted molar refractivity (Wildman–Crippen MR) is 66.3 cm³/mol. The number of thiophene rings is 1. The summed E-state index contributed by atoms with van der Waals surface area (Å²) in [6, 6.07) is 4.25. The van der Waals surface area contributed by atoms with Crippen molar-refractivity contribution in [1.82, 2.24) is 0 Å². The van der Waals surface area contributed by atoms with E-state index in [1.54, 1.807) is 23.1 Å². The lowest BCUT2D eigenvalue weighted by molar-refractivity contribution is 1.50. The van der Waals surface area contributed by atoms with Crippen LogP contribution in [-0.4, -0.2) is 6.26 Å². The maximum atomic E-state index is 6.05. The minimum absolute atomic E-state index is 0.844. The van der Waals surface area contributed by atoms with E-state index in [-0.39, 0.29) is 0 Å². The van der Waals surface area contributed by atoms with Crippen molar-refractivity contribution in [2.24, 2.45) is 0 Å². The Morgan fingerprint density at radius 2 is 2.23 bits per heavy atom. The Morgan fingerprint density at radius 1 is 1.46 bits per heavy atom. The molecule has 0 spiro atoms. The van der Waals surface area contributed by atoms with Gasteiger partial charge in [-0.25, -0.2) is 0 Å². The minimum Gasteiger partial charge on any atom is -0.141 e. The lowest BCUT2D eigenvalue weighted by Crippen LogP contribution is -1.72. The van der Waals surface area contributed by atoms with Crippen LogP contribution in [-0.2, 0) is 0 Å². The largest absolute Gasteiger partial charge is 0.141 e. The number of hydrogen-bond acceptors (Lipinski definition) is 2. The van der Waals surface area contributed by atoms with Gasteiger partial charge in [-0.15, -0.1) is 23.1 Å². The molecule has 2 rings (SSSR count). The Labute approximate surface area is 98.4 Å². The van der Waals surface area contributed by atoms with E-state index < -0.39 is 0 Å². The Bertz CT molecular complexity index is 450. The van der Waals surface area contributed by atoms with Gasteiger partial charge in [0, 0.05) is 20.1 Å². The van der Waals surface area contributed by atoms with Gasteiger partial charge < -0.3 is 0 Å². The second-order valence-corrected chi connectivity index (χ2v) is 5.59. The zero-order valence-electron chi connectivity index (χ0n) is 6.80. The van der Waals surface area contributed by atoms with E-state index in [2.05, 4.69) is 34.3 Å². The second-order valence-electron chi connectivity index (χ2n) is 2.57. The van der Waals surface area contributed by atoms with Crippen molar-refractivity contribution < 1.29 is 0 Å². The summed E-state index contributed by atoms with van der Waals surface area (Å²) in [5.74, 6) is 0. The van der Waals surface area contributed by atoms with Crippen molar-refractivity contribution in [2.75, 3.05) is 6.26 Å². The quantitative estimate of drug-likeness (QED) is 0.664. The molecule has 0 aliphatic heterocycles. The number of halogens is 2. The van der Waals surface area contributed by atoms with Crippen LogP contribution in [0.3, 0.4) is 0 Å². The molecular formula is C9H6BrClS2. The first-order chi connectivity index (χ1) is 6.22. The fraction of sp³-hybridized carbons (Fsp3) is 0.111. The summed E-state index contributed by atoms with van der Waals surface area (Å²) in [6.45, 7) is 0. The highest BCUT2D eigenvalue weighted by Gasteiger charge is 2.06. The third kappa shape index (κ3) is 1.75. The van der Waals surface area contributed by atoms with E-state index >= 15 is 0 Å². The van der Waals surface area contributed by atoms with Gasteiger partial charge in [0.1, 0.15) is 0 Å². The second kappa shape index (κ2) is 3.81. The number of thioether (sulfide) groups is 1. The molecule has 0 aliphatic rings. The molecule has 1 aromatic heterocycles. The molecule has 0 saturated carbocycles. The highest BCUT2D eigenvalue weighted by molar-refractivity contribution is 9.10. The molecule has 0 N–H and O–H groups in total. The SMILES string of the molecule is CSc1cc(Br)c2scc(Cl)c2c1. The Balaban J connectivity index is 2.80. The van der Waals surface area contributed by atoms with Gasteiger partial charge in [0.25, 0.3) is 0 Å². The van der Waals surface area contributed by atoms with Gasteiger partial charge in [-0.2, -0.15) is 0 Å². The molecule has 0 nitrogen and oxygen atoms in total. The summed E-state index contributed by atoms with van der Waals surface area (Å²) in [6.07, 6.45) is 2.06. The first-order valence-electron chi connectivity index (χ1n) is 3.62. The first kappa shape index (κ1) is 9.84. The van der Waals surface area contributed by atoms with Crippen LogP contribution in [0.4, 0.5) is 0 Å². The lowest BCUT2D eigenvalue weighted by atomic mass is 10.3. The Hall–Kier alpha value is 0.300. The minimum atomic E-state index is 0.844. The van der Waals surface area contributed by atoms with Crippen molar-refractivity contribution in [3.8, 4) is 0 Å². The van der Waals surface area contributed by atoms with E-state index in [1.165, 1.54) is 9.60 Å². The third-order valence-electron chi connectivity index (χ3n) is 1.79. The summed E-state index contributed by atoms with van der Waals surface area (Å²) in [7, 11) is 0. The van der Waals surface area contributed by atoms with E-state index in [0.29, 0.717) is 0 Å². The van der Waals surface area contributed by atoms with Crippen molar-refractivity contribution in [3.63, 3.8) is 0 Å². The lowest BCUT2D eigenvalue weighted by Gasteiger charge is -1.99. The molecule has 0 atom stereocenters. The summed E-state index contributed by atoms with van der Waals surface area (Å²) in [4.78, 5) is 1.24. The van der Waals surface area contributed by atoms with Gasteiger partial charge in [0.2, 0.25) is 0 Å². The molecule has 68 valence electrons. The number of hydrogen-bond donors (Lipinski definition) is 0. The Morgan fingerprint density at radius 3 is 2.92 bits per heavy atom. The molecule has 0 aliphatic carbocycles. The molecule has 0 radical (unpaired) electrons. The summed E-state index contributed by atoms with van der Waals surface area (Å²) in [5.41, 5.74) is 0. The summed E-state index contributed by atoms with van der Waals surface area (Å²) < 4.78 is 2.36. The molecule has 13 heavy (non-hydrogen) atoms. The molecule has 2 aromatic rings. The van der Waals surface area contributed by atoms with Crippen molar-refractivity contribution >= 4 is 60.7 Å². The number of rotatable bonds is 1. The molecule has 0 unspecified atom stereocenters. The smallest absolute Gasteiger partial charge is 0.0592 e. The molecule has 0 amide bonds. The standard InChI is InChI=1S/C9H6BrClS2/c1-12-5-2-6-8(11)4-13-9(6)7(10)3-5/h2-4H,1H3. The van der Waals surface area contributed by atoms with Crippen molar-refractivity contribution in [1.29, 1.82) is 0 Å². The first-order valence-corrected chi connectivity index (χ1v) is 6.90. The topological polar surface area (TPSA) is 0 Å². The van der Waals surface area contributed by atoms with Gasteiger partial charge in [-0.3, -0.25) is 0 Å². The van der Waals surface area contributed by atoms with Crippen molar-refractivity contribution in [3.05, 3.63) is 27.0 Å². The zero-order chi connectivity index (χ0) is 9.42. The van der Waals surface area contributed by atoms with Gasteiger partial charge >= 0.3 is 0 Å². The van der Waals surface area contributed by atoms with Crippen LogP contribution in [0.5, 0.6) is 0 Å². The van der Waals surface area contributed by atoms with Gasteiger partial charge in [-0.05, 0) is 34.3 Å². The average molecular weight is 294 g/mol. The molecule has 0 fully saturated rings.